The van der Waals surface area contributed by atoms with Crippen molar-refractivity contribution in [2.75, 3.05) is 13.2 Å². The van der Waals surface area contributed by atoms with Gasteiger partial charge in [-0.25, -0.2) is 4.39 Å². The highest BCUT2D eigenvalue weighted by atomic mass is 19.1. The van der Waals surface area contributed by atoms with Crippen LogP contribution in [0.15, 0.2) is 48.5 Å². The summed E-state index contributed by atoms with van der Waals surface area (Å²) >= 11 is 0. The second kappa shape index (κ2) is 6.75. The molecular weight excluding hydrogens is 247 g/mol. The lowest BCUT2D eigenvalue weighted by Crippen LogP contribution is -2.09. The summed E-state index contributed by atoms with van der Waals surface area (Å²) in [6.45, 7) is 0.662. The number of aliphatic hydroxyl groups is 1. The van der Waals surface area contributed by atoms with Crippen molar-refractivity contribution in [1.82, 2.24) is 0 Å². The van der Waals surface area contributed by atoms with Crippen molar-refractivity contribution < 1.29 is 19.0 Å². The van der Waals surface area contributed by atoms with Crippen LogP contribution in [0.1, 0.15) is 5.56 Å². The van der Waals surface area contributed by atoms with Gasteiger partial charge in [0, 0.05) is 6.07 Å². The minimum absolute atomic E-state index is 0.0169. The van der Waals surface area contributed by atoms with E-state index in [0.29, 0.717) is 24.7 Å². The van der Waals surface area contributed by atoms with Gasteiger partial charge < -0.3 is 14.6 Å². The molecular formula is C15H15FO3. The van der Waals surface area contributed by atoms with Gasteiger partial charge in [-0.15, -0.1) is 0 Å². The number of hydrogen-bond donors (Lipinski definition) is 1. The van der Waals surface area contributed by atoms with Gasteiger partial charge in [0.25, 0.3) is 0 Å². The van der Waals surface area contributed by atoms with Crippen LogP contribution in [0.2, 0.25) is 0 Å². The molecule has 3 nitrogen and oxygen atoms in total. The molecule has 2 aromatic carbocycles. The molecule has 0 bridgehead atoms. The Morgan fingerprint density at radius 1 is 0.895 bits per heavy atom. The second-order valence-electron chi connectivity index (χ2n) is 3.96. The zero-order chi connectivity index (χ0) is 13.5. The van der Waals surface area contributed by atoms with Crippen molar-refractivity contribution in [3.8, 4) is 11.5 Å². The van der Waals surface area contributed by atoms with E-state index in [-0.39, 0.29) is 12.4 Å². The van der Waals surface area contributed by atoms with Crippen LogP contribution in [-0.2, 0) is 6.61 Å². The molecule has 0 radical (unpaired) electrons. The fourth-order valence-corrected chi connectivity index (χ4v) is 1.61. The maximum atomic E-state index is 12.9. The molecule has 0 aromatic heterocycles. The molecule has 0 spiro atoms. The Labute approximate surface area is 111 Å². The van der Waals surface area contributed by atoms with Crippen LogP contribution in [0.25, 0.3) is 0 Å². The van der Waals surface area contributed by atoms with E-state index in [0.717, 1.165) is 5.56 Å². The van der Waals surface area contributed by atoms with E-state index in [4.69, 9.17) is 14.6 Å². The summed E-state index contributed by atoms with van der Waals surface area (Å²) in [5.41, 5.74) is 0.795. The maximum absolute atomic E-state index is 12.9. The largest absolute Gasteiger partial charge is 0.490 e. The summed E-state index contributed by atoms with van der Waals surface area (Å²) in [5, 5.41) is 8.99. The monoisotopic (exact) mass is 262 g/mol. The van der Waals surface area contributed by atoms with Gasteiger partial charge in [-0.05, 0) is 29.8 Å². The van der Waals surface area contributed by atoms with Crippen molar-refractivity contribution in [3.63, 3.8) is 0 Å². The molecule has 19 heavy (non-hydrogen) atoms. The van der Waals surface area contributed by atoms with Gasteiger partial charge in [0.2, 0.25) is 0 Å². The molecule has 2 aromatic rings. The number of hydrogen-bond acceptors (Lipinski definition) is 3. The molecule has 0 fully saturated rings. The second-order valence-corrected chi connectivity index (χ2v) is 3.96. The number of rotatable bonds is 6. The Balaban J connectivity index is 1.77. The van der Waals surface area contributed by atoms with E-state index in [1.165, 1.54) is 12.1 Å². The van der Waals surface area contributed by atoms with Crippen molar-refractivity contribution in [2.24, 2.45) is 0 Å². The summed E-state index contributed by atoms with van der Waals surface area (Å²) < 4.78 is 23.7. The third kappa shape index (κ3) is 4.26. The van der Waals surface area contributed by atoms with Gasteiger partial charge in [-0.2, -0.15) is 0 Å². The standard InChI is InChI=1S/C15H15FO3/c16-13-4-2-6-15(10-13)19-8-7-18-14-5-1-3-12(9-14)11-17/h1-6,9-10,17H,7-8,11H2. The van der Waals surface area contributed by atoms with Gasteiger partial charge in [-0.3, -0.25) is 0 Å². The van der Waals surface area contributed by atoms with Crippen molar-refractivity contribution in [2.45, 2.75) is 6.61 Å². The summed E-state index contributed by atoms with van der Waals surface area (Å²) in [6, 6.07) is 13.2. The normalized spacial score (nSPS) is 10.2. The lowest BCUT2D eigenvalue weighted by atomic mass is 10.2. The third-order valence-corrected chi connectivity index (χ3v) is 2.50. The van der Waals surface area contributed by atoms with E-state index in [9.17, 15) is 4.39 Å². The molecule has 0 saturated heterocycles. The highest BCUT2D eigenvalue weighted by Gasteiger charge is 1.98. The summed E-state index contributed by atoms with van der Waals surface area (Å²) in [7, 11) is 0. The number of ether oxygens (including phenoxy) is 2. The van der Waals surface area contributed by atoms with Crippen LogP contribution in [0.5, 0.6) is 11.5 Å². The van der Waals surface area contributed by atoms with Crippen molar-refractivity contribution in [1.29, 1.82) is 0 Å². The average Bonchev–Trinajstić information content (AvgIpc) is 2.44. The molecule has 0 aliphatic rings. The fourth-order valence-electron chi connectivity index (χ4n) is 1.61. The van der Waals surface area contributed by atoms with Crippen molar-refractivity contribution >= 4 is 0 Å². The molecule has 0 atom stereocenters. The van der Waals surface area contributed by atoms with Gasteiger partial charge in [0.1, 0.15) is 30.5 Å². The Kier molecular flexibility index (Phi) is 4.75. The third-order valence-electron chi connectivity index (χ3n) is 2.50. The zero-order valence-corrected chi connectivity index (χ0v) is 10.4. The molecule has 0 heterocycles. The Bertz CT molecular complexity index is 528. The van der Waals surface area contributed by atoms with E-state index < -0.39 is 0 Å². The van der Waals surface area contributed by atoms with Gasteiger partial charge in [-0.1, -0.05) is 18.2 Å². The lowest BCUT2D eigenvalue weighted by Gasteiger charge is -2.09. The number of benzene rings is 2. The highest BCUT2D eigenvalue weighted by molar-refractivity contribution is 5.28. The van der Waals surface area contributed by atoms with Crippen LogP contribution in [0.3, 0.4) is 0 Å². The Morgan fingerprint density at radius 2 is 1.53 bits per heavy atom. The lowest BCUT2D eigenvalue weighted by molar-refractivity contribution is 0.216. The smallest absolute Gasteiger partial charge is 0.126 e. The molecule has 2 rings (SSSR count). The van der Waals surface area contributed by atoms with Crippen molar-refractivity contribution in [3.05, 3.63) is 59.9 Å². The minimum Gasteiger partial charge on any atom is -0.490 e. The van der Waals surface area contributed by atoms with Gasteiger partial charge >= 0.3 is 0 Å². The quantitative estimate of drug-likeness (QED) is 0.813. The Hall–Kier alpha value is -2.07. The molecule has 0 aliphatic heterocycles. The Morgan fingerprint density at radius 3 is 2.16 bits per heavy atom. The molecule has 0 unspecified atom stereocenters. The zero-order valence-electron chi connectivity index (χ0n) is 10.4. The van der Waals surface area contributed by atoms with E-state index >= 15 is 0 Å². The highest BCUT2D eigenvalue weighted by Crippen LogP contribution is 2.14. The summed E-state index contributed by atoms with van der Waals surface area (Å²) in [4.78, 5) is 0. The average molecular weight is 262 g/mol. The van der Waals surface area contributed by atoms with E-state index in [1.54, 1.807) is 24.3 Å². The molecule has 100 valence electrons. The first-order chi connectivity index (χ1) is 9.28. The molecule has 0 aliphatic carbocycles. The summed E-state index contributed by atoms with van der Waals surface area (Å²) in [5.74, 6) is 0.830. The minimum atomic E-state index is -0.325. The first-order valence-electron chi connectivity index (χ1n) is 5.99. The first-order valence-corrected chi connectivity index (χ1v) is 5.99. The van der Waals surface area contributed by atoms with Gasteiger partial charge in [0.15, 0.2) is 0 Å². The van der Waals surface area contributed by atoms with Crippen LogP contribution < -0.4 is 9.47 Å². The predicted molar refractivity (Wildman–Crippen MR) is 69.8 cm³/mol. The molecule has 0 amide bonds. The van der Waals surface area contributed by atoms with E-state index in [1.807, 2.05) is 12.1 Å². The van der Waals surface area contributed by atoms with Crippen LogP contribution >= 0.6 is 0 Å². The maximum Gasteiger partial charge on any atom is 0.126 e. The fraction of sp³-hybridized carbons (Fsp3) is 0.200. The predicted octanol–water partition coefficient (Wildman–Crippen LogP) is 2.78. The molecule has 4 heteroatoms. The topological polar surface area (TPSA) is 38.7 Å². The SMILES string of the molecule is OCc1cccc(OCCOc2cccc(F)c2)c1. The first kappa shape index (κ1) is 13.4. The van der Waals surface area contributed by atoms with Crippen LogP contribution in [0.4, 0.5) is 4.39 Å². The summed E-state index contributed by atoms with van der Waals surface area (Å²) in [6.07, 6.45) is 0. The van der Waals surface area contributed by atoms with Crippen LogP contribution in [0, 0.1) is 5.82 Å². The molecule has 0 saturated carbocycles. The number of halogens is 1. The van der Waals surface area contributed by atoms with Crippen LogP contribution in [-0.4, -0.2) is 18.3 Å². The number of aliphatic hydroxyl groups excluding tert-OH is 1. The molecule has 1 N–H and O–H groups in total. The van der Waals surface area contributed by atoms with Gasteiger partial charge in [0.05, 0.1) is 6.61 Å². The van der Waals surface area contributed by atoms with E-state index in [2.05, 4.69) is 0 Å².